The van der Waals surface area contributed by atoms with Gasteiger partial charge in [0.05, 0.1) is 13.2 Å². The molecule has 0 aliphatic carbocycles. The molecule has 0 aromatic heterocycles. The summed E-state index contributed by atoms with van der Waals surface area (Å²) in [4.78, 5) is 2.32. The Morgan fingerprint density at radius 1 is 1.24 bits per heavy atom. The fourth-order valence-corrected chi connectivity index (χ4v) is 2.10. The van der Waals surface area contributed by atoms with Crippen LogP contribution in [0, 0.1) is 5.82 Å². The number of benzene rings is 1. The topological polar surface area (TPSA) is 38.5 Å². The van der Waals surface area contributed by atoms with Gasteiger partial charge in [-0.2, -0.15) is 0 Å². The molecule has 1 aromatic carbocycles. The standard InChI is InChI=1S/C13H19FN2O/c14-12-3-1-11(2-4-12)9-13(15)10-16-5-7-17-8-6-16/h1-4,13H,5-10,15H2. The minimum absolute atomic E-state index is 0.0959. The molecule has 17 heavy (non-hydrogen) atoms. The molecular weight excluding hydrogens is 219 g/mol. The first-order valence-corrected chi connectivity index (χ1v) is 6.04. The number of ether oxygens (including phenoxy) is 1. The van der Waals surface area contributed by atoms with Gasteiger partial charge in [0.15, 0.2) is 0 Å². The van der Waals surface area contributed by atoms with Gasteiger partial charge in [0, 0.05) is 25.7 Å². The maximum absolute atomic E-state index is 12.7. The van der Waals surface area contributed by atoms with E-state index in [-0.39, 0.29) is 11.9 Å². The van der Waals surface area contributed by atoms with Crippen molar-refractivity contribution in [3.05, 3.63) is 35.6 Å². The molecule has 0 amide bonds. The van der Waals surface area contributed by atoms with Gasteiger partial charge in [0.2, 0.25) is 0 Å². The maximum Gasteiger partial charge on any atom is 0.123 e. The summed E-state index contributed by atoms with van der Waals surface area (Å²) in [5.74, 6) is -0.199. The molecule has 0 spiro atoms. The second kappa shape index (κ2) is 6.10. The summed E-state index contributed by atoms with van der Waals surface area (Å²) < 4.78 is 18.0. The molecule has 0 bridgehead atoms. The normalized spacial score (nSPS) is 19.2. The molecule has 3 nitrogen and oxygen atoms in total. The first kappa shape index (κ1) is 12.5. The van der Waals surface area contributed by atoms with Crippen LogP contribution in [0.25, 0.3) is 0 Å². The predicted octanol–water partition coefficient (Wildman–Crippen LogP) is 1.03. The first-order valence-electron chi connectivity index (χ1n) is 6.04. The van der Waals surface area contributed by atoms with E-state index >= 15 is 0 Å². The van der Waals surface area contributed by atoms with E-state index in [1.54, 1.807) is 12.1 Å². The summed E-state index contributed by atoms with van der Waals surface area (Å²) >= 11 is 0. The van der Waals surface area contributed by atoms with Gasteiger partial charge in [-0.15, -0.1) is 0 Å². The van der Waals surface area contributed by atoms with Crippen molar-refractivity contribution in [3.8, 4) is 0 Å². The van der Waals surface area contributed by atoms with E-state index in [1.807, 2.05) is 0 Å². The van der Waals surface area contributed by atoms with E-state index in [4.69, 9.17) is 10.5 Å². The van der Waals surface area contributed by atoms with Crippen LogP contribution < -0.4 is 5.73 Å². The van der Waals surface area contributed by atoms with Gasteiger partial charge in [0.1, 0.15) is 5.82 Å². The molecule has 94 valence electrons. The third-order valence-corrected chi connectivity index (χ3v) is 3.01. The Hall–Kier alpha value is -0.970. The second-order valence-electron chi connectivity index (χ2n) is 4.50. The van der Waals surface area contributed by atoms with Crippen LogP contribution in [0.2, 0.25) is 0 Å². The number of morpholine rings is 1. The Labute approximate surface area is 101 Å². The molecule has 1 aliphatic heterocycles. The quantitative estimate of drug-likeness (QED) is 0.851. The van der Waals surface area contributed by atoms with E-state index in [1.165, 1.54) is 12.1 Å². The monoisotopic (exact) mass is 238 g/mol. The van der Waals surface area contributed by atoms with E-state index in [0.717, 1.165) is 44.8 Å². The fourth-order valence-electron chi connectivity index (χ4n) is 2.10. The van der Waals surface area contributed by atoms with Crippen LogP contribution in [0.15, 0.2) is 24.3 Å². The lowest BCUT2D eigenvalue weighted by atomic mass is 10.1. The average molecular weight is 238 g/mol. The molecule has 2 N–H and O–H groups in total. The molecule has 4 heteroatoms. The number of halogens is 1. The summed E-state index contributed by atoms with van der Waals surface area (Å²) in [5, 5.41) is 0. The zero-order chi connectivity index (χ0) is 12.1. The van der Waals surface area contributed by atoms with E-state index < -0.39 is 0 Å². The molecule has 1 heterocycles. The van der Waals surface area contributed by atoms with Gasteiger partial charge in [0.25, 0.3) is 0 Å². The van der Waals surface area contributed by atoms with Crippen LogP contribution in [0.3, 0.4) is 0 Å². The van der Waals surface area contributed by atoms with Crippen molar-refractivity contribution < 1.29 is 9.13 Å². The van der Waals surface area contributed by atoms with Crippen molar-refractivity contribution in [2.45, 2.75) is 12.5 Å². The number of hydrogen-bond acceptors (Lipinski definition) is 3. The number of hydrogen-bond donors (Lipinski definition) is 1. The van der Waals surface area contributed by atoms with Gasteiger partial charge in [-0.25, -0.2) is 4.39 Å². The highest BCUT2D eigenvalue weighted by molar-refractivity contribution is 5.17. The smallest absolute Gasteiger partial charge is 0.123 e. The fraction of sp³-hybridized carbons (Fsp3) is 0.538. The zero-order valence-electron chi connectivity index (χ0n) is 9.94. The molecule has 1 unspecified atom stereocenters. The first-order chi connectivity index (χ1) is 8.24. The third-order valence-electron chi connectivity index (χ3n) is 3.01. The molecule has 0 radical (unpaired) electrons. The maximum atomic E-state index is 12.7. The van der Waals surface area contributed by atoms with Gasteiger partial charge in [-0.3, -0.25) is 4.90 Å². The van der Waals surface area contributed by atoms with Gasteiger partial charge in [-0.1, -0.05) is 12.1 Å². The minimum Gasteiger partial charge on any atom is -0.379 e. The highest BCUT2D eigenvalue weighted by atomic mass is 19.1. The summed E-state index contributed by atoms with van der Waals surface area (Å²) in [5.41, 5.74) is 7.19. The van der Waals surface area contributed by atoms with Crippen LogP contribution in [0.4, 0.5) is 4.39 Å². The number of nitrogens with two attached hydrogens (primary N) is 1. The van der Waals surface area contributed by atoms with Gasteiger partial charge < -0.3 is 10.5 Å². The minimum atomic E-state index is -0.199. The Balaban J connectivity index is 1.79. The largest absolute Gasteiger partial charge is 0.379 e. The molecule has 1 atom stereocenters. The third kappa shape index (κ3) is 4.07. The zero-order valence-corrected chi connectivity index (χ0v) is 9.94. The van der Waals surface area contributed by atoms with Crippen LogP contribution in [-0.4, -0.2) is 43.8 Å². The van der Waals surface area contributed by atoms with E-state index in [2.05, 4.69) is 4.90 Å². The highest BCUT2D eigenvalue weighted by Gasteiger charge is 2.14. The van der Waals surface area contributed by atoms with Crippen molar-refractivity contribution >= 4 is 0 Å². The highest BCUT2D eigenvalue weighted by Crippen LogP contribution is 2.06. The van der Waals surface area contributed by atoms with Crippen LogP contribution in [0.1, 0.15) is 5.56 Å². The van der Waals surface area contributed by atoms with Crippen molar-refractivity contribution in [1.29, 1.82) is 0 Å². The van der Waals surface area contributed by atoms with E-state index in [9.17, 15) is 4.39 Å². The lowest BCUT2D eigenvalue weighted by Gasteiger charge is -2.29. The van der Waals surface area contributed by atoms with Crippen molar-refractivity contribution in [2.24, 2.45) is 5.73 Å². The molecule has 1 aromatic rings. The molecule has 1 saturated heterocycles. The summed E-state index contributed by atoms with van der Waals surface area (Å²) in [6.07, 6.45) is 0.789. The van der Waals surface area contributed by atoms with Crippen molar-refractivity contribution in [3.63, 3.8) is 0 Å². The summed E-state index contributed by atoms with van der Waals surface area (Å²) in [6, 6.07) is 6.66. The van der Waals surface area contributed by atoms with Gasteiger partial charge in [-0.05, 0) is 24.1 Å². The Morgan fingerprint density at radius 2 is 1.88 bits per heavy atom. The van der Waals surface area contributed by atoms with E-state index in [0.29, 0.717) is 0 Å². The summed E-state index contributed by atoms with van der Waals surface area (Å²) in [6.45, 7) is 4.38. The number of rotatable bonds is 4. The van der Waals surface area contributed by atoms with Crippen molar-refractivity contribution in [1.82, 2.24) is 4.90 Å². The van der Waals surface area contributed by atoms with Gasteiger partial charge >= 0.3 is 0 Å². The summed E-state index contributed by atoms with van der Waals surface area (Å²) in [7, 11) is 0. The predicted molar refractivity (Wildman–Crippen MR) is 65.3 cm³/mol. The van der Waals surface area contributed by atoms with Crippen LogP contribution in [0.5, 0.6) is 0 Å². The lowest BCUT2D eigenvalue weighted by molar-refractivity contribution is 0.0353. The Bertz CT molecular complexity index is 336. The average Bonchev–Trinajstić information content (AvgIpc) is 2.33. The van der Waals surface area contributed by atoms with Crippen LogP contribution in [-0.2, 0) is 11.2 Å². The molecule has 1 fully saturated rings. The number of nitrogens with zero attached hydrogens (tertiary/aromatic N) is 1. The van der Waals surface area contributed by atoms with Crippen molar-refractivity contribution in [2.75, 3.05) is 32.8 Å². The van der Waals surface area contributed by atoms with Crippen LogP contribution >= 0.6 is 0 Å². The molecule has 1 aliphatic rings. The molecule has 0 saturated carbocycles. The Morgan fingerprint density at radius 3 is 2.53 bits per heavy atom. The lowest BCUT2D eigenvalue weighted by Crippen LogP contribution is -2.44. The second-order valence-corrected chi connectivity index (χ2v) is 4.50. The SMILES string of the molecule is NC(Cc1ccc(F)cc1)CN1CCOCC1. The Kier molecular flexibility index (Phi) is 4.48. The molecule has 2 rings (SSSR count). The molecular formula is C13H19FN2O.